The largest absolute Gasteiger partial charge is 0.355 e. The minimum atomic E-state index is -0.281. The van der Waals surface area contributed by atoms with Crippen molar-refractivity contribution < 1.29 is 9.18 Å². The van der Waals surface area contributed by atoms with E-state index in [2.05, 4.69) is 22.7 Å². The zero-order valence-corrected chi connectivity index (χ0v) is 15.8. The normalized spacial score (nSPS) is 10.4. The van der Waals surface area contributed by atoms with Crippen LogP contribution < -0.4 is 10.6 Å². The van der Waals surface area contributed by atoms with Gasteiger partial charge in [0.1, 0.15) is 5.82 Å². The van der Waals surface area contributed by atoms with E-state index in [0.717, 1.165) is 42.1 Å². The van der Waals surface area contributed by atoms with Crippen LogP contribution in [0.1, 0.15) is 30.3 Å². The molecule has 0 spiro atoms. The van der Waals surface area contributed by atoms with E-state index in [-0.39, 0.29) is 24.1 Å². The maximum absolute atomic E-state index is 13.1. The Morgan fingerprint density at radius 2 is 1.84 bits per heavy atom. The van der Waals surface area contributed by atoms with Crippen molar-refractivity contribution in [3.05, 3.63) is 47.0 Å². The number of hydrogen-bond acceptors (Lipinski definition) is 3. The zero-order valence-electron chi connectivity index (χ0n) is 14.9. The van der Waals surface area contributed by atoms with Crippen LogP contribution in [0.5, 0.6) is 0 Å². The predicted molar refractivity (Wildman–Crippen MR) is 100 cm³/mol. The van der Waals surface area contributed by atoms with Gasteiger partial charge in [-0.2, -0.15) is 5.10 Å². The number of aryl methyl sites for hydroxylation is 1. The molecule has 0 bridgehead atoms. The van der Waals surface area contributed by atoms with Crippen LogP contribution in [0.15, 0.2) is 24.3 Å². The average Bonchev–Trinajstić information content (AvgIpc) is 2.83. The molecule has 25 heavy (non-hydrogen) atoms. The molecule has 0 aliphatic carbocycles. The molecule has 0 radical (unpaired) electrons. The van der Waals surface area contributed by atoms with Gasteiger partial charge in [0, 0.05) is 24.3 Å². The standard InChI is InChI=1S/C18H25FN4O.ClH/c1-4-9-20-10-11-21-18(24)12-17-13(2)22-23(14(17)3)16-7-5-15(19)6-8-16;/h5-8,20H,4,9-12H2,1-3H3,(H,21,24);1H. The topological polar surface area (TPSA) is 58.9 Å². The Morgan fingerprint density at radius 3 is 2.48 bits per heavy atom. The molecule has 0 saturated heterocycles. The van der Waals surface area contributed by atoms with Crippen molar-refractivity contribution in [2.75, 3.05) is 19.6 Å². The molecule has 0 fully saturated rings. The maximum atomic E-state index is 13.1. The summed E-state index contributed by atoms with van der Waals surface area (Å²) in [5.41, 5.74) is 3.42. The van der Waals surface area contributed by atoms with Crippen molar-refractivity contribution in [1.82, 2.24) is 20.4 Å². The smallest absolute Gasteiger partial charge is 0.224 e. The zero-order chi connectivity index (χ0) is 17.5. The highest BCUT2D eigenvalue weighted by Crippen LogP contribution is 2.18. The van der Waals surface area contributed by atoms with Crippen molar-refractivity contribution in [3.63, 3.8) is 0 Å². The summed E-state index contributed by atoms with van der Waals surface area (Å²) < 4.78 is 14.8. The van der Waals surface area contributed by atoms with Gasteiger partial charge < -0.3 is 10.6 Å². The molecule has 0 saturated carbocycles. The fourth-order valence-corrected chi connectivity index (χ4v) is 2.58. The molecule has 2 N–H and O–H groups in total. The number of nitrogens with zero attached hydrogens (tertiary/aromatic N) is 2. The van der Waals surface area contributed by atoms with Gasteiger partial charge in [-0.3, -0.25) is 4.79 Å². The van der Waals surface area contributed by atoms with Crippen LogP contribution >= 0.6 is 12.4 Å². The van der Waals surface area contributed by atoms with Crippen LogP contribution in [0.4, 0.5) is 4.39 Å². The third-order valence-electron chi connectivity index (χ3n) is 3.90. The number of amides is 1. The summed E-state index contributed by atoms with van der Waals surface area (Å²) in [4.78, 5) is 12.1. The second-order valence-corrected chi connectivity index (χ2v) is 5.81. The third-order valence-corrected chi connectivity index (χ3v) is 3.90. The molecule has 0 unspecified atom stereocenters. The summed E-state index contributed by atoms with van der Waals surface area (Å²) in [6, 6.07) is 6.17. The van der Waals surface area contributed by atoms with Crippen molar-refractivity contribution in [2.45, 2.75) is 33.6 Å². The first-order chi connectivity index (χ1) is 11.5. The number of benzene rings is 1. The number of carbonyl (C=O) groups is 1. The first kappa shape index (κ1) is 21.1. The summed E-state index contributed by atoms with van der Waals surface area (Å²) >= 11 is 0. The van der Waals surface area contributed by atoms with E-state index in [4.69, 9.17) is 0 Å². The third kappa shape index (κ3) is 5.83. The Morgan fingerprint density at radius 1 is 1.16 bits per heavy atom. The van der Waals surface area contributed by atoms with Crippen molar-refractivity contribution in [2.24, 2.45) is 0 Å². The van der Waals surface area contributed by atoms with Crippen molar-refractivity contribution >= 4 is 18.3 Å². The van der Waals surface area contributed by atoms with E-state index in [1.54, 1.807) is 16.8 Å². The Kier molecular flexibility index (Phi) is 8.58. The van der Waals surface area contributed by atoms with Crippen LogP contribution in [-0.4, -0.2) is 35.3 Å². The quantitative estimate of drug-likeness (QED) is 0.704. The van der Waals surface area contributed by atoms with Gasteiger partial charge >= 0.3 is 0 Å². The van der Waals surface area contributed by atoms with Crippen molar-refractivity contribution in [1.29, 1.82) is 0 Å². The lowest BCUT2D eigenvalue weighted by atomic mass is 10.1. The van der Waals surface area contributed by atoms with E-state index in [1.165, 1.54) is 12.1 Å². The molecular formula is C18H26ClFN4O. The SMILES string of the molecule is CCCNCCNC(=O)Cc1c(C)nn(-c2ccc(F)cc2)c1C.Cl. The van der Waals surface area contributed by atoms with Crippen LogP contribution in [0.2, 0.25) is 0 Å². The predicted octanol–water partition coefficient (Wildman–Crippen LogP) is 2.71. The van der Waals surface area contributed by atoms with Gasteiger partial charge in [-0.15, -0.1) is 12.4 Å². The summed E-state index contributed by atoms with van der Waals surface area (Å²) in [5.74, 6) is -0.297. The fraction of sp³-hybridized carbons (Fsp3) is 0.444. The maximum Gasteiger partial charge on any atom is 0.224 e. The number of carbonyl (C=O) groups excluding carboxylic acids is 1. The molecule has 2 rings (SSSR count). The van der Waals surface area contributed by atoms with Crippen LogP contribution in [-0.2, 0) is 11.2 Å². The molecule has 5 nitrogen and oxygen atoms in total. The van der Waals surface area contributed by atoms with Crippen LogP contribution in [0, 0.1) is 19.7 Å². The molecule has 2 aromatic rings. The number of nitrogens with one attached hydrogen (secondary N) is 2. The number of hydrogen-bond donors (Lipinski definition) is 2. The minimum Gasteiger partial charge on any atom is -0.355 e. The summed E-state index contributed by atoms with van der Waals surface area (Å²) in [7, 11) is 0. The first-order valence-electron chi connectivity index (χ1n) is 8.31. The number of aromatic nitrogens is 2. The monoisotopic (exact) mass is 368 g/mol. The van der Waals surface area contributed by atoms with E-state index in [0.29, 0.717) is 13.0 Å². The second-order valence-electron chi connectivity index (χ2n) is 5.81. The molecule has 0 aliphatic rings. The van der Waals surface area contributed by atoms with Crippen LogP contribution in [0.25, 0.3) is 5.69 Å². The van der Waals surface area contributed by atoms with E-state index in [1.807, 2.05) is 13.8 Å². The van der Waals surface area contributed by atoms with Gasteiger partial charge in [-0.1, -0.05) is 6.92 Å². The average molecular weight is 369 g/mol. The molecular weight excluding hydrogens is 343 g/mol. The Balaban J connectivity index is 0.00000312. The Bertz CT molecular complexity index is 685. The van der Waals surface area contributed by atoms with Crippen LogP contribution in [0.3, 0.4) is 0 Å². The highest BCUT2D eigenvalue weighted by atomic mass is 35.5. The molecule has 1 aromatic heterocycles. The molecule has 0 aliphatic heterocycles. The molecule has 1 heterocycles. The molecule has 7 heteroatoms. The van der Waals surface area contributed by atoms with Gasteiger partial charge in [0.15, 0.2) is 0 Å². The molecule has 1 amide bonds. The molecule has 138 valence electrons. The summed E-state index contributed by atoms with van der Waals surface area (Å²) in [5, 5.41) is 10.6. The Hall–Kier alpha value is -1.92. The van der Waals surface area contributed by atoms with Gasteiger partial charge in [-0.25, -0.2) is 9.07 Å². The van der Waals surface area contributed by atoms with Gasteiger partial charge in [-0.05, 0) is 51.1 Å². The molecule has 0 atom stereocenters. The second kappa shape index (κ2) is 10.2. The highest BCUT2D eigenvalue weighted by molar-refractivity contribution is 5.85. The minimum absolute atomic E-state index is 0. The van der Waals surface area contributed by atoms with Crippen molar-refractivity contribution in [3.8, 4) is 5.69 Å². The van der Waals surface area contributed by atoms with Gasteiger partial charge in [0.2, 0.25) is 5.91 Å². The fourth-order valence-electron chi connectivity index (χ4n) is 2.58. The first-order valence-corrected chi connectivity index (χ1v) is 8.31. The summed E-state index contributed by atoms with van der Waals surface area (Å²) in [6.45, 7) is 8.26. The van der Waals surface area contributed by atoms with E-state index >= 15 is 0 Å². The Labute approximate surface area is 154 Å². The van der Waals surface area contributed by atoms with Gasteiger partial charge in [0.25, 0.3) is 0 Å². The lowest BCUT2D eigenvalue weighted by Gasteiger charge is -2.07. The lowest BCUT2D eigenvalue weighted by Crippen LogP contribution is -2.33. The number of halogens is 2. The molecule has 1 aromatic carbocycles. The number of rotatable bonds is 8. The highest BCUT2D eigenvalue weighted by Gasteiger charge is 2.15. The van der Waals surface area contributed by atoms with Gasteiger partial charge in [0.05, 0.1) is 17.8 Å². The van der Waals surface area contributed by atoms with E-state index in [9.17, 15) is 9.18 Å². The summed E-state index contributed by atoms with van der Waals surface area (Å²) in [6.07, 6.45) is 1.38. The lowest BCUT2D eigenvalue weighted by molar-refractivity contribution is -0.120. The van der Waals surface area contributed by atoms with E-state index < -0.39 is 0 Å².